The zero-order valence-corrected chi connectivity index (χ0v) is 37.8. The first-order valence-electron chi connectivity index (χ1n) is 19.2. The Balaban J connectivity index is 0.000000165. The molecule has 0 aliphatic heterocycles. The van der Waals surface area contributed by atoms with Crippen molar-refractivity contribution in [2.45, 2.75) is 0 Å². The van der Waals surface area contributed by atoms with Crippen molar-refractivity contribution in [1.82, 2.24) is 0 Å². The molecule has 59 heavy (non-hydrogen) atoms. The fraction of sp³-hybridized carbons (Fsp3) is 0. The Morgan fingerprint density at radius 3 is 0.322 bits per heavy atom. The molecule has 9 rings (SSSR count). The van der Waals surface area contributed by atoms with Crippen molar-refractivity contribution in [3.63, 3.8) is 0 Å². The minimum absolute atomic E-state index is 0. The largest absolute Gasteiger partial charge is 1.00 e. The minimum Gasteiger partial charge on any atom is -1.00 e. The van der Waals surface area contributed by atoms with Gasteiger partial charge in [-0.25, -0.2) is 0 Å². The van der Waals surface area contributed by atoms with Crippen LogP contribution in [0.1, 0.15) is 0 Å². The second-order valence-corrected chi connectivity index (χ2v) is 19.7. The summed E-state index contributed by atoms with van der Waals surface area (Å²) in [5.74, 6) is 0. The molecule has 9 aromatic rings. The van der Waals surface area contributed by atoms with Gasteiger partial charge in [0.25, 0.3) is 0 Å². The smallest absolute Gasteiger partial charge is 0 e. The Morgan fingerprint density at radius 1 is 0.153 bits per heavy atom. The van der Waals surface area contributed by atoms with Crippen molar-refractivity contribution in [2.75, 3.05) is 0 Å². The van der Waals surface area contributed by atoms with E-state index in [0.29, 0.717) is 0 Å². The van der Waals surface area contributed by atoms with Crippen LogP contribution < -0.4 is 64.7 Å². The molecule has 5 heteroatoms. The number of halogens is 1. The average molecular weight is 925 g/mol. The van der Waals surface area contributed by atoms with Crippen LogP contribution in [0.25, 0.3) is 0 Å². The van der Waals surface area contributed by atoms with E-state index >= 15 is 0 Å². The summed E-state index contributed by atoms with van der Waals surface area (Å²) in [5, 5.41) is 12.6. The predicted molar refractivity (Wildman–Crippen MR) is 255 cm³/mol. The van der Waals surface area contributed by atoms with E-state index in [1.165, 1.54) is 47.7 Å². The Labute approximate surface area is 375 Å². The van der Waals surface area contributed by atoms with Crippen molar-refractivity contribution < 1.29 is 33.5 Å². The van der Waals surface area contributed by atoms with Crippen LogP contribution in [-0.2, 0) is 16.5 Å². The maximum atomic E-state index is 2.23. The van der Waals surface area contributed by atoms with Crippen molar-refractivity contribution in [1.29, 1.82) is 0 Å². The van der Waals surface area contributed by atoms with Gasteiger partial charge < -0.3 is 17.0 Å². The maximum Gasteiger partial charge on any atom is 0 e. The third kappa shape index (κ3) is 13.1. The molecular formula is C54H45BrNiP3-. The Hall–Kier alpha value is -4.76. The SMILES string of the molecule is [Br-].[Ni].c1ccc(P(c2ccccc2)c2ccccc2)cc1.c1ccc(P(c2ccccc2)c2ccccc2)cc1.c1ccc(P(c2ccccc2)c2ccccc2)cc1. The fourth-order valence-electron chi connectivity index (χ4n) is 6.54. The van der Waals surface area contributed by atoms with Gasteiger partial charge in [-0.1, -0.05) is 273 Å². The van der Waals surface area contributed by atoms with E-state index < -0.39 is 23.8 Å². The van der Waals surface area contributed by atoms with Crippen LogP contribution in [0.4, 0.5) is 0 Å². The van der Waals surface area contributed by atoms with Crippen LogP contribution >= 0.6 is 23.8 Å². The fourth-order valence-corrected chi connectivity index (χ4v) is 13.5. The monoisotopic (exact) mass is 923 g/mol. The third-order valence-electron chi connectivity index (χ3n) is 9.13. The quantitative estimate of drug-likeness (QED) is 0.105. The van der Waals surface area contributed by atoms with Gasteiger partial charge in [-0.05, 0) is 71.5 Å². The van der Waals surface area contributed by atoms with Crippen molar-refractivity contribution >= 4 is 71.5 Å². The molecule has 0 bridgehead atoms. The Kier molecular flexibility index (Phi) is 19.2. The molecule has 0 spiro atoms. The van der Waals surface area contributed by atoms with Gasteiger partial charge in [-0.15, -0.1) is 0 Å². The third-order valence-corrected chi connectivity index (χ3v) is 16.5. The first kappa shape index (κ1) is 45.3. The second kappa shape index (κ2) is 25.0. The van der Waals surface area contributed by atoms with Gasteiger partial charge in [0.05, 0.1) is 0 Å². The first-order chi connectivity index (χ1) is 28.3. The molecule has 9 aromatic carbocycles. The van der Waals surface area contributed by atoms with E-state index in [-0.39, 0.29) is 33.5 Å². The molecule has 0 N–H and O–H groups in total. The summed E-state index contributed by atoms with van der Waals surface area (Å²) in [6.45, 7) is 0. The van der Waals surface area contributed by atoms with E-state index in [9.17, 15) is 0 Å². The maximum absolute atomic E-state index is 2.23. The van der Waals surface area contributed by atoms with E-state index in [1.54, 1.807) is 0 Å². The summed E-state index contributed by atoms with van der Waals surface area (Å²) in [7, 11) is -1.34. The second-order valence-electron chi connectivity index (χ2n) is 13.0. The molecule has 0 radical (unpaired) electrons. The summed E-state index contributed by atoms with van der Waals surface area (Å²) >= 11 is 0. The van der Waals surface area contributed by atoms with Crippen molar-refractivity contribution in [3.8, 4) is 0 Å². The molecule has 0 nitrogen and oxygen atoms in total. The molecule has 0 aliphatic rings. The van der Waals surface area contributed by atoms with Gasteiger partial charge >= 0.3 is 0 Å². The summed E-state index contributed by atoms with van der Waals surface area (Å²) < 4.78 is 0. The van der Waals surface area contributed by atoms with Crippen LogP contribution in [0.5, 0.6) is 0 Å². The van der Waals surface area contributed by atoms with Crippen LogP contribution in [0.2, 0.25) is 0 Å². The Morgan fingerprint density at radius 2 is 0.237 bits per heavy atom. The Bertz CT molecular complexity index is 1870. The number of hydrogen-bond acceptors (Lipinski definition) is 0. The summed E-state index contributed by atoms with van der Waals surface area (Å²) in [5.41, 5.74) is 0. The van der Waals surface area contributed by atoms with E-state index in [1.807, 2.05) is 0 Å². The first-order valence-corrected chi connectivity index (χ1v) is 23.2. The standard InChI is InChI=1S/3C18H15P.BrH.Ni/c3*1-4-10-16(11-5-1)19(17-12-6-2-7-13-17)18-14-8-3-9-15-18;;/h3*1-15H;1H;/p-1. The van der Waals surface area contributed by atoms with E-state index in [4.69, 9.17) is 0 Å². The summed E-state index contributed by atoms with van der Waals surface area (Å²) in [6, 6.07) is 97.0. The molecule has 0 unspecified atom stereocenters. The van der Waals surface area contributed by atoms with E-state index in [0.717, 1.165) is 0 Å². The van der Waals surface area contributed by atoms with Crippen molar-refractivity contribution in [2.24, 2.45) is 0 Å². The van der Waals surface area contributed by atoms with Gasteiger partial charge in [0.2, 0.25) is 0 Å². The molecule has 0 amide bonds. The molecule has 0 aliphatic carbocycles. The number of benzene rings is 9. The van der Waals surface area contributed by atoms with Gasteiger partial charge in [0.15, 0.2) is 0 Å². The molecule has 0 aromatic heterocycles. The minimum atomic E-state index is -0.446. The van der Waals surface area contributed by atoms with Gasteiger partial charge in [-0.3, -0.25) is 0 Å². The molecule has 0 atom stereocenters. The van der Waals surface area contributed by atoms with Gasteiger partial charge in [0.1, 0.15) is 0 Å². The average Bonchev–Trinajstić information content (AvgIpc) is 3.30. The van der Waals surface area contributed by atoms with Crippen LogP contribution in [0.15, 0.2) is 273 Å². The van der Waals surface area contributed by atoms with Crippen LogP contribution in [-0.4, -0.2) is 0 Å². The molecular weight excluding hydrogens is 880 g/mol. The summed E-state index contributed by atoms with van der Waals surface area (Å²) in [6.07, 6.45) is 0. The number of hydrogen-bond donors (Lipinski definition) is 0. The van der Waals surface area contributed by atoms with Crippen LogP contribution in [0.3, 0.4) is 0 Å². The zero-order chi connectivity index (χ0) is 38.7. The van der Waals surface area contributed by atoms with Crippen LogP contribution in [0, 0.1) is 0 Å². The van der Waals surface area contributed by atoms with Crippen molar-refractivity contribution in [3.05, 3.63) is 273 Å². The molecule has 294 valence electrons. The molecule has 0 saturated carbocycles. The normalized spacial score (nSPS) is 10.2. The topological polar surface area (TPSA) is 0 Å². The predicted octanol–water partition coefficient (Wildman–Crippen LogP) is 7.34. The molecule has 0 saturated heterocycles. The van der Waals surface area contributed by atoms with Gasteiger partial charge in [0, 0.05) is 16.5 Å². The summed E-state index contributed by atoms with van der Waals surface area (Å²) in [4.78, 5) is 0. The van der Waals surface area contributed by atoms with Gasteiger partial charge in [-0.2, -0.15) is 0 Å². The molecule has 0 heterocycles. The molecule has 0 fully saturated rings. The number of rotatable bonds is 9. The van der Waals surface area contributed by atoms with E-state index in [2.05, 4.69) is 273 Å². The zero-order valence-electron chi connectivity index (χ0n) is 32.5.